The van der Waals surface area contributed by atoms with E-state index in [1.807, 2.05) is 0 Å². The van der Waals surface area contributed by atoms with E-state index in [2.05, 4.69) is 10.6 Å². The second-order valence-corrected chi connectivity index (χ2v) is 6.46. The van der Waals surface area contributed by atoms with Crippen molar-refractivity contribution in [1.29, 1.82) is 0 Å². The molecule has 128 valence electrons. The fourth-order valence-corrected chi connectivity index (χ4v) is 3.19. The Kier molecular flexibility index (Phi) is 6.17. The summed E-state index contributed by atoms with van der Waals surface area (Å²) in [5, 5.41) is 6.01. The highest BCUT2D eigenvalue weighted by atomic mass is 32.2. The quantitative estimate of drug-likeness (QED) is 0.859. The number of thioether (sulfide) groups is 1. The Labute approximate surface area is 137 Å². The van der Waals surface area contributed by atoms with Crippen molar-refractivity contribution in [2.24, 2.45) is 0 Å². The predicted molar refractivity (Wildman–Crippen MR) is 85.1 cm³/mol. The molecule has 0 bridgehead atoms. The number of benzene rings is 1. The van der Waals surface area contributed by atoms with E-state index in [0.717, 1.165) is 18.1 Å². The molecule has 2 rings (SSSR count). The maximum absolute atomic E-state index is 12.2. The molecular formula is C15H19F3N2O2S. The Balaban J connectivity index is 1.95. The van der Waals surface area contributed by atoms with Gasteiger partial charge in [0, 0.05) is 41.8 Å². The number of carbonyl (C=O) groups excluding carboxylic acids is 1. The smallest absolute Gasteiger partial charge is 0.422 e. The van der Waals surface area contributed by atoms with E-state index in [9.17, 15) is 18.0 Å². The number of amides is 1. The number of alkyl halides is 3. The maximum Gasteiger partial charge on any atom is 0.422 e. The van der Waals surface area contributed by atoms with Crippen LogP contribution in [-0.2, 0) is 4.79 Å². The van der Waals surface area contributed by atoms with Crippen molar-refractivity contribution in [1.82, 2.24) is 5.32 Å². The van der Waals surface area contributed by atoms with Crippen LogP contribution in [0.3, 0.4) is 0 Å². The molecule has 0 aliphatic carbocycles. The molecule has 23 heavy (non-hydrogen) atoms. The first-order valence-electron chi connectivity index (χ1n) is 7.25. The fourth-order valence-electron chi connectivity index (χ4n) is 2.24. The predicted octanol–water partition coefficient (Wildman–Crippen LogP) is 2.97. The van der Waals surface area contributed by atoms with E-state index < -0.39 is 12.8 Å². The number of rotatable bonds is 5. The van der Waals surface area contributed by atoms with E-state index in [4.69, 9.17) is 4.74 Å². The molecule has 1 heterocycles. The number of halogens is 3. The largest absolute Gasteiger partial charge is 0.484 e. The van der Waals surface area contributed by atoms with Crippen LogP contribution in [-0.4, -0.2) is 42.8 Å². The van der Waals surface area contributed by atoms with Crippen molar-refractivity contribution in [3.63, 3.8) is 0 Å². The van der Waals surface area contributed by atoms with Gasteiger partial charge in [-0.1, -0.05) is 6.07 Å². The highest BCUT2D eigenvalue weighted by molar-refractivity contribution is 7.99. The van der Waals surface area contributed by atoms with E-state index in [-0.39, 0.29) is 17.7 Å². The average Bonchev–Trinajstić information content (AvgIpc) is 2.48. The van der Waals surface area contributed by atoms with Gasteiger partial charge in [-0.05, 0) is 19.1 Å². The van der Waals surface area contributed by atoms with Gasteiger partial charge in [-0.3, -0.25) is 4.79 Å². The van der Waals surface area contributed by atoms with Gasteiger partial charge in [0.2, 0.25) is 5.91 Å². The lowest BCUT2D eigenvalue weighted by molar-refractivity contribution is -0.153. The van der Waals surface area contributed by atoms with E-state index in [1.165, 1.54) is 6.07 Å². The fraction of sp³-hybridized carbons (Fsp3) is 0.533. The minimum Gasteiger partial charge on any atom is -0.484 e. The molecule has 1 unspecified atom stereocenters. The summed E-state index contributed by atoms with van der Waals surface area (Å²) < 4.78 is 41.5. The molecule has 1 saturated heterocycles. The lowest BCUT2D eigenvalue weighted by Crippen LogP contribution is -2.39. The molecule has 1 aliphatic rings. The SMILES string of the molecule is Cc1c(NC(=O)CC2CSCCN2)cccc1OCC(F)(F)F. The van der Waals surface area contributed by atoms with Crippen LogP contribution in [0.1, 0.15) is 12.0 Å². The summed E-state index contributed by atoms with van der Waals surface area (Å²) >= 11 is 1.80. The summed E-state index contributed by atoms with van der Waals surface area (Å²) in [5.41, 5.74) is 0.953. The first-order chi connectivity index (χ1) is 10.8. The van der Waals surface area contributed by atoms with Gasteiger partial charge >= 0.3 is 6.18 Å². The molecule has 1 aromatic carbocycles. The minimum atomic E-state index is -4.39. The lowest BCUT2D eigenvalue weighted by atomic mass is 10.1. The number of ether oxygens (including phenoxy) is 1. The molecular weight excluding hydrogens is 329 g/mol. The first-order valence-corrected chi connectivity index (χ1v) is 8.41. The topological polar surface area (TPSA) is 50.4 Å². The third kappa shape index (κ3) is 5.95. The summed E-state index contributed by atoms with van der Waals surface area (Å²) in [6, 6.07) is 4.79. The Bertz CT molecular complexity index is 546. The van der Waals surface area contributed by atoms with Crippen molar-refractivity contribution >= 4 is 23.4 Å². The summed E-state index contributed by atoms with van der Waals surface area (Å²) in [4.78, 5) is 12.1. The molecule has 0 spiro atoms. The maximum atomic E-state index is 12.2. The van der Waals surface area contributed by atoms with Crippen molar-refractivity contribution < 1.29 is 22.7 Å². The summed E-state index contributed by atoms with van der Waals surface area (Å²) in [7, 11) is 0. The van der Waals surface area contributed by atoms with Gasteiger partial charge in [0.05, 0.1) is 0 Å². The summed E-state index contributed by atoms with van der Waals surface area (Å²) in [6.07, 6.45) is -4.06. The molecule has 2 N–H and O–H groups in total. The van der Waals surface area contributed by atoms with Gasteiger partial charge in [0.1, 0.15) is 5.75 Å². The number of hydrogen-bond acceptors (Lipinski definition) is 4. The van der Waals surface area contributed by atoms with Gasteiger partial charge < -0.3 is 15.4 Å². The number of hydrogen-bond donors (Lipinski definition) is 2. The monoisotopic (exact) mass is 348 g/mol. The van der Waals surface area contributed by atoms with Crippen molar-refractivity contribution in [3.05, 3.63) is 23.8 Å². The third-order valence-electron chi connectivity index (χ3n) is 3.38. The van der Waals surface area contributed by atoms with Crippen LogP contribution < -0.4 is 15.4 Å². The van der Waals surface area contributed by atoms with Gasteiger partial charge in [-0.25, -0.2) is 0 Å². The molecule has 0 radical (unpaired) electrons. The summed E-state index contributed by atoms with van der Waals surface area (Å²) in [5.74, 6) is 1.87. The van der Waals surface area contributed by atoms with Crippen LogP contribution in [0, 0.1) is 6.92 Å². The molecule has 0 aromatic heterocycles. The molecule has 1 amide bonds. The Morgan fingerprint density at radius 2 is 2.26 bits per heavy atom. The molecule has 1 aliphatic heterocycles. The first kappa shape index (κ1) is 17.9. The highest BCUT2D eigenvalue weighted by Gasteiger charge is 2.28. The Hall–Kier alpha value is -1.41. The van der Waals surface area contributed by atoms with Gasteiger partial charge in [-0.15, -0.1) is 0 Å². The average molecular weight is 348 g/mol. The molecule has 4 nitrogen and oxygen atoms in total. The van der Waals surface area contributed by atoms with E-state index >= 15 is 0 Å². The van der Waals surface area contributed by atoms with Crippen molar-refractivity contribution in [3.8, 4) is 5.75 Å². The van der Waals surface area contributed by atoms with Gasteiger partial charge in [0.25, 0.3) is 0 Å². The Morgan fingerprint density at radius 3 is 2.91 bits per heavy atom. The van der Waals surface area contributed by atoms with E-state index in [0.29, 0.717) is 17.7 Å². The number of nitrogens with one attached hydrogen (secondary N) is 2. The standard InChI is InChI=1S/C15H19F3N2O2S/c1-10-12(3-2-4-13(10)22-9-15(16,17)18)20-14(21)7-11-8-23-6-5-19-11/h2-4,11,19H,5-9H2,1H3,(H,20,21). The van der Waals surface area contributed by atoms with Crippen LogP contribution in [0.15, 0.2) is 18.2 Å². The number of carbonyl (C=O) groups is 1. The third-order valence-corrected chi connectivity index (χ3v) is 4.51. The zero-order chi connectivity index (χ0) is 16.9. The van der Waals surface area contributed by atoms with Gasteiger partial charge in [-0.2, -0.15) is 24.9 Å². The van der Waals surface area contributed by atoms with Crippen molar-refractivity contribution in [2.45, 2.75) is 25.6 Å². The Morgan fingerprint density at radius 1 is 1.48 bits per heavy atom. The van der Waals surface area contributed by atoms with Crippen LogP contribution in [0.2, 0.25) is 0 Å². The molecule has 1 fully saturated rings. The molecule has 1 aromatic rings. The lowest BCUT2D eigenvalue weighted by Gasteiger charge is -2.22. The van der Waals surface area contributed by atoms with E-state index in [1.54, 1.807) is 30.8 Å². The van der Waals surface area contributed by atoms with Crippen molar-refractivity contribution in [2.75, 3.05) is 30.0 Å². The molecule has 1 atom stereocenters. The summed E-state index contributed by atoms with van der Waals surface area (Å²) in [6.45, 7) is 1.15. The van der Waals surface area contributed by atoms with Crippen LogP contribution in [0.25, 0.3) is 0 Å². The second kappa shape index (κ2) is 7.92. The zero-order valence-electron chi connectivity index (χ0n) is 12.7. The van der Waals surface area contributed by atoms with Crippen LogP contribution >= 0.6 is 11.8 Å². The molecule has 8 heteroatoms. The number of anilines is 1. The van der Waals surface area contributed by atoms with Crippen LogP contribution in [0.5, 0.6) is 5.75 Å². The van der Waals surface area contributed by atoms with Crippen LogP contribution in [0.4, 0.5) is 18.9 Å². The second-order valence-electron chi connectivity index (χ2n) is 5.31. The minimum absolute atomic E-state index is 0.117. The zero-order valence-corrected chi connectivity index (χ0v) is 13.5. The molecule has 0 saturated carbocycles. The highest BCUT2D eigenvalue weighted by Crippen LogP contribution is 2.27. The normalized spacial score (nSPS) is 18.5. The van der Waals surface area contributed by atoms with Gasteiger partial charge in [0.15, 0.2) is 6.61 Å².